The Morgan fingerprint density at radius 1 is 1.23 bits per heavy atom. The summed E-state index contributed by atoms with van der Waals surface area (Å²) < 4.78 is 40.2. The Morgan fingerprint density at radius 3 is 2.81 bits per heavy atom. The fourth-order valence-corrected chi connectivity index (χ4v) is 2.67. The number of hydrogen-bond donors (Lipinski definition) is 2. The number of hydrogen-bond acceptors (Lipinski definition) is 7. The summed E-state index contributed by atoms with van der Waals surface area (Å²) in [5, 5.41) is 10.1. The summed E-state index contributed by atoms with van der Waals surface area (Å²) in [6, 6.07) is 10.0. The molecule has 11 heteroatoms. The van der Waals surface area contributed by atoms with Crippen LogP contribution in [0.15, 0.2) is 52.1 Å². The average molecular weight is 432 g/mol. The van der Waals surface area contributed by atoms with Crippen molar-refractivity contribution in [3.05, 3.63) is 54.0 Å². The Bertz CT molecular complexity index is 998. The normalized spacial score (nSPS) is 11.5. The summed E-state index contributed by atoms with van der Waals surface area (Å²) >= 11 is 0. The first-order chi connectivity index (χ1) is 15.1. The van der Waals surface area contributed by atoms with Crippen LogP contribution in [-0.4, -0.2) is 48.4 Å². The van der Waals surface area contributed by atoms with Crippen molar-refractivity contribution < 1.29 is 22.8 Å². The van der Waals surface area contributed by atoms with Crippen molar-refractivity contribution in [2.24, 2.45) is 4.99 Å². The van der Waals surface area contributed by atoms with Gasteiger partial charge in [-0.25, -0.2) is 0 Å². The van der Waals surface area contributed by atoms with Gasteiger partial charge in [0, 0.05) is 38.3 Å². The molecule has 0 aliphatic rings. The summed E-state index contributed by atoms with van der Waals surface area (Å²) in [5.74, 6) is 1.93. The number of guanidine groups is 1. The van der Waals surface area contributed by atoms with Gasteiger partial charge >= 0.3 is 6.61 Å². The molecule has 2 heterocycles. The van der Waals surface area contributed by atoms with Gasteiger partial charge in [0.15, 0.2) is 11.8 Å². The predicted octanol–water partition coefficient (Wildman–Crippen LogP) is 2.65. The molecule has 1 aromatic carbocycles. The largest absolute Gasteiger partial charge is 0.497 e. The van der Waals surface area contributed by atoms with Crippen molar-refractivity contribution >= 4 is 5.96 Å². The molecule has 3 aromatic rings. The smallest absolute Gasteiger partial charge is 0.387 e. The minimum atomic E-state index is -2.92. The van der Waals surface area contributed by atoms with E-state index in [0.29, 0.717) is 47.6 Å². The maximum Gasteiger partial charge on any atom is 0.387 e. The lowest BCUT2D eigenvalue weighted by Crippen LogP contribution is -2.38. The third-order valence-electron chi connectivity index (χ3n) is 4.15. The highest BCUT2D eigenvalue weighted by Gasteiger charge is 2.12. The van der Waals surface area contributed by atoms with Gasteiger partial charge < -0.3 is 24.6 Å². The fraction of sp³-hybridized carbons (Fsp3) is 0.300. The summed E-state index contributed by atoms with van der Waals surface area (Å²) in [6.45, 7) is -2.25. The lowest BCUT2D eigenvalue weighted by Gasteiger charge is -2.15. The number of alkyl halides is 2. The Kier molecular flexibility index (Phi) is 7.68. The molecule has 9 nitrogen and oxygen atoms in total. The average Bonchev–Trinajstić information content (AvgIpc) is 3.26. The van der Waals surface area contributed by atoms with Crippen molar-refractivity contribution in [2.75, 3.05) is 20.7 Å². The number of nitrogens with zero attached hydrogens (tertiary/aromatic N) is 4. The quantitative estimate of drug-likeness (QED) is 0.393. The van der Waals surface area contributed by atoms with Gasteiger partial charge in [0.2, 0.25) is 0 Å². The van der Waals surface area contributed by atoms with Gasteiger partial charge in [-0.05, 0) is 30.3 Å². The number of aliphatic imine (C=N–C) groups is 1. The van der Waals surface area contributed by atoms with Crippen molar-refractivity contribution in [1.29, 1.82) is 0 Å². The van der Waals surface area contributed by atoms with Crippen LogP contribution in [0.5, 0.6) is 11.5 Å². The van der Waals surface area contributed by atoms with E-state index in [-0.39, 0.29) is 12.3 Å². The van der Waals surface area contributed by atoms with Crippen LogP contribution < -0.4 is 20.1 Å². The Hall–Kier alpha value is -3.76. The Labute approximate surface area is 177 Å². The Balaban J connectivity index is 1.53. The number of nitrogens with one attached hydrogen (secondary N) is 2. The summed E-state index contributed by atoms with van der Waals surface area (Å²) in [7, 11) is 3.10. The number of rotatable bonds is 9. The van der Waals surface area contributed by atoms with Gasteiger partial charge in [0.25, 0.3) is 5.89 Å². The third-order valence-corrected chi connectivity index (χ3v) is 4.15. The van der Waals surface area contributed by atoms with Crippen molar-refractivity contribution in [2.45, 2.75) is 19.6 Å². The minimum absolute atomic E-state index is 0.0626. The van der Waals surface area contributed by atoms with Crippen LogP contribution in [-0.2, 0) is 13.0 Å². The zero-order valence-electron chi connectivity index (χ0n) is 17.0. The molecule has 164 valence electrons. The molecule has 0 bridgehead atoms. The summed E-state index contributed by atoms with van der Waals surface area (Å²) in [4.78, 5) is 12.6. The fourth-order valence-electron chi connectivity index (χ4n) is 2.67. The van der Waals surface area contributed by atoms with Crippen molar-refractivity contribution in [3.63, 3.8) is 0 Å². The van der Waals surface area contributed by atoms with Gasteiger partial charge in [-0.3, -0.25) is 9.98 Å². The molecule has 3 rings (SSSR count). The van der Waals surface area contributed by atoms with Crippen LogP contribution >= 0.6 is 0 Å². The molecular weight excluding hydrogens is 410 g/mol. The first-order valence-corrected chi connectivity index (χ1v) is 9.39. The number of ether oxygens (including phenoxy) is 2. The van der Waals surface area contributed by atoms with Gasteiger partial charge in [-0.2, -0.15) is 13.8 Å². The number of halogens is 2. The highest BCUT2D eigenvalue weighted by Crippen LogP contribution is 2.25. The van der Waals surface area contributed by atoms with Crippen molar-refractivity contribution in [3.8, 4) is 23.1 Å². The van der Waals surface area contributed by atoms with Gasteiger partial charge in [0.05, 0.1) is 7.11 Å². The summed E-state index contributed by atoms with van der Waals surface area (Å²) in [5.41, 5.74) is 1.10. The maximum absolute atomic E-state index is 12.7. The second kappa shape index (κ2) is 10.9. The molecule has 0 aliphatic carbocycles. The Morgan fingerprint density at radius 2 is 2.10 bits per heavy atom. The first kappa shape index (κ1) is 21.9. The van der Waals surface area contributed by atoms with Crippen LogP contribution in [0.1, 0.15) is 11.4 Å². The van der Waals surface area contributed by atoms with Crippen LogP contribution in [0.4, 0.5) is 8.78 Å². The second-order valence-corrected chi connectivity index (χ2v) is 6.19. The van der Waals surface area contributed by atoms with Crippen LogP contribution in [0.25, 0.3) is 11.6 Å². The molecule has 0 amide bonds. The maximum atomic E-state index is 12.7. The van der Waals surface area contributed by atoms with E-state index in [9.17, 15) is 8.78 Å². The topological polar surface area (TPSA) is 107 Å². The standard InChI is InChI=1S/C20H22F2N6O3/c1-23-20(26-12-13-11-14(29-2)6-7-16(13)30-19(21)22)25-10-8-17-27-18(31-28-17)15-5-3-4-9-24-15/h3-7,9,11,19H,8,10,12H2,1-2H3,(H2,23,25,26). The molecule has 0 spiro atoms. The molecule has 0 radical (unpaired) electrons. The van der Waals surface area contributed by atoms with E-state index in [1.54, 1.807) is 37.5 Å². The third kappa shape index (κ3) is 6.36. The van der Waals surface area contributed by atoms with E-state index >= 15 is 0 Å². The van der Waals surface area contributed by atoms with E-state index in [0.717, 1.165) is 0 Å². The van der Waals surface area contributed by atoms with Crippen LogP contribution in [0, 0.1) is 0 Å². The van der Waals surface area contributed by atoms with Gasteiger partial charge in [-0.15, -0.1) is 0 Å². The van der Waals surface area contributed by atoms with Gasteiger partial charge in [-0.1, -0.05) is 11.2 Å². The highest BCUT2D eigenvalue weighted by atomic mass is 19.3. The number of aromatic nitrogens is 3. The van der Waals surface area contributed by atoms with Gasteiger partial charge in [0.1, 0.15) is 17.2 Å². The molecule has 0 unspecified atom stereocenters. The monoisotopic (exact) mass is 432 g/mol. The van der Waals surface area contributed by atoms with E-state index in [4.69, 9.17) is 9.26 Å². The molecule has 0 saturated carbocycles. The molecule has 31 heavy (non-hydrogen) atoms. The molecule has 2 N–H and O–H groups in total. The molecular formula is C20H22F2N6O3. The molecule has 0 saturated heterocycles. The zero-order chi connectivity index (χ0) is 22.1. The van der Waals surface area contributed by atoms with E-state index in [2.05, 4.69) is 35.5 Å². The summed E-state index contributed by atoms with van der Waals surface area (Å²) in [6.07, 6.45) is 2.13. The second-order valence-electron chi connectivity index (χ2n) is 6.19. The molecule has 0 atom stereocenters. The highest BCUT2D eigenvalue weighted by molar-refractivity contribution is 5.79. The zero-order valence-corrected chi connectivity index (χ0v) is 17.0. The van der Waals surface area contributed by atoms with E-state index in [1.165, 1.54) is 13.2 Å². The first-order valence-electron chi connectivity index (χ1n) is 9.39. The number of benzene rings is 1. The van der Waals surface area contributed by atoms with Crippen LogP contribution in [0.2, 0.25) is 0 Å². The lowest BCUT2D eigenvalue weighted by atomic mass is 10.2. The number of methoxy groups -OCH3 is 1. The van der Waals surface area contributed by atoms with Crippen LogP contribution in [0.3, 0.4) is 0 Å². The van der Waals surface area contributed by atoms with Crippen molar-refractivity contribution in [1.82, 2.24) is 25.8 Å². The number of pyridine rings is 1. The lowest BCUT2D eigenvalue weighted by molar-refractivity contribution is -0.0505. The van der Waals surface area contributed by atoms with E-state index in [1.807, 2.05) is 6.07 Å². The minimum Gasteiger partial charge on any atom is -0.497 e. The molecule has 2 aromatic heterocycles. The van der Waals surface area contributed by atoms with E-state index < -0.39 is 6.61 Å². The molecule has 0 fully saturated rings. The predicted molar refractivity (Wildman–Crippen MR) is 109 cm³/mol. The molecule has 0 aliphatic heterocycles. The SMILES string of the molecule is CN=C(NCCc1noc(-c2ccccn2)n1)NCc1cc(OC)ccc1OC(F)F.